The minimum Gasteiger partial charge on any atom is -0.390 e. The van der Waals surface area contributed by atoms with Crippen LogP contribution in [0.15, 0.2) is 30.3 Å². The van der Waals surface area contributed by atoms with E-state index in [4.69, 9.17) is 0 Å². The van der Waals surface area contributed by atoms with E-state index < -0.39 is 48.0 Å². The third-order valence-electron chi connectivity index (χ3n) is 7.38. The maximum atomic E-state index is 13.6. The quantitative estimate of drug-likeness (QED) is 0.137. The maximum absolute atomic E-state index is 13.6. The Morgan fingerprint density at radius 2 is 1.18 bits per heavy atom. The Kier molecular flexibility index (Phi) is 17.4. The molecule has 0 aliphatic heterocycles. The van der Waals surface area contributed by atoms with Crippen molar-refractivity contribution < 1.29 is 29.1 Å². The van der Waals surface area contributed by atoms with Crippen LogP contribution in [0.25, 0.3) is 0 Å². The standard InChI is InChI=1S/C34H57N5O6/c1-20(2)15-16-35-32(43)24(9)36-29(42)19-27(40)26(18-25-13-11-10-12-14-25)37-33(44)31(23(7)8)39-34(45)30(22(5)6)38-28(41)17-21(3)4/h10-14,20-24,26-27,30-31,40H,15-19H2,1-9H3,(H,35,43)(H,36,42)(H,37,44)(H,38,41)(H,39,45)/t24-,26+,27-,30-,31-/m0/s1. The molecule has 6 N–H and O–H groups in total. The van der Waals surface area contributed by atoms with Crippen molar-refractivity contribution in [1.82, 2.24) is 26.6 Å². The number of rotatable bonds is 19. The highest BCUT2D eigenvalue weighted by atomic mass is 16.3. The number of nitrogens with one attached hydrogen (secondary N) is 5. The van der Waals surface area contributed by atoms with Gasteiger partial charge in [-0.05, 0) is 49.0 Å². The molecule has 0 radical (unpaired) electrons. The Hall–Kier alpha value is -3.47. The van der Waals surface area contributed by atoms with Gasteiger partial charge in [0.1, 0.15) is 18.1 Å². The van der Waals surface area contributed by atoms with Gasteiger partial charge in [-0.1, -0.05) is 85.7 Å². The predicted octanol–water partition coefficient (Wildman–Crippen LogP) is 2.46. The number of hydrogen-bond donors (Lipinski definition) is 6. The molecule has 0 bridgehead atoms. The molecule has 45 heavy (non-hydrogen) atoms. The summed E-state index contributed by atoms with van der Waals surface area (Å²) < 4.78 is 0. The topological polar surface area (TPSA) is 166 Å². The van der Waals surface area contributed by atoms with Crippen molar-refractivity contribution in [3.63, 3.8) is 0 Å². The average molecular weight is 632 g/mol. The monoisotopic (exact) mass is 631 g/mol. The van der Waals surface area contributed by atoms with Crippen molar-refractivity contribution in [2.24, 2.45) is 23.7 Å². The van der Waals surface area contributed by atoms with Crippen LogP contribution in [0.3, 0.4) is 0 Å². The molecule has 5 amide bonds. The van der Waals surface area contributed by atoms with Gasteiger partial charge in [-0.15, -0.1) is 0 Å². The molecule has 254 valence electrons. The SMILES string of the molecule is CC(C)CCNC(=O)[C@H](C)NC(=O)C[C@H](O)[C@@H](Cc1ccccc1)NC(=O)[C@@H](NC(=O)[C@@H](NC(=O)CC(C)C)C(C)C)C(C)C. The largest absolute Gasteiger partial charge is 0.390 e. The Morgan fingerprint density at radius 1 is 0.644 bits per heavy atom. The van der Waals surface area contributed by atoms with Gasteiger partial charge in [-0.3, -0.25) is 24.0 Å². The predicted molar refractivity (Wildman–Crippen MR) is 176 cm³/mol. The van der Waals surface area contributed by atoms with E-state index in [1.165, 1.54) is 0 Å². The third-order valence-corrected chi connectivity index (χ3v) is 7.38. The molecule has 0 heterocycles. The van der Waals surface area contributed by atoms with Crippen LogP contribution in [0.2, 0.25) is 0 Å². The number of amides is 5. The lowest BCUT2D eigenvalue weighted by Gasteiger charge is -2.30. The lowest BCUT2D eigenvalue weighted by molar-refractivity contribution is -0.134. The van der Waals surface area contributed by atoms with Crippen molar-refractivity contribution in [3.05, 3.63) is 35.9 Å². The highest BCUT2D eigenvalue weighted by molar-refractivity contribution is 5.92. The van der Waals surface area contributed by atoms with Gasteiger partial charge in [0.25, 0.3) is 0 Å². The van der Waals surface area contributed by atoms with Crippen LogP contribution in [0.5, 0.6) is 0 Å². The van der Waals surface area contributed by atoms with Gasteiger partial charge in [0.15, 0.2) is 0 Å². The second-order valence-electron chi connectivity index (χ2n) is 13.5. The molecule has 1 aromatic carbocycles. The van der Waals surface area contributed by atoms with Gasteiger partial charge in [-0.2, -0.15) is 0 Å². The molecule has 11 heteroatoms. The second kappa shape index (κ2) is 19.8. The Labute approximate surface area is 269 Å². The van der Waals surface area contributed by atoms with E-state index in [-0.39, 0.29) is 48.8 Å². The van der Waals surface area contributed by atoms with E-state index in [2.05, 4.69) is 40.4 Å². The number of benzene rings is 1. The molecule has 0 aromatic heterocycles. The first kappa shape index (κ1) is 39.6. The Morgan fingerprint density at radius 3 is 1.71 bits per heavy atom. The lowest BCUT2D eigenvalue weighted by atomic mass is 9.96. The zero-order chi connectivity index (χ0) is 34.3. The van der Waals surface area contributed by atoms with Crippen molar-refractivity contribution in [2.75, 3.05) is 6.54 Å². The summed E-state index contributed by atoms with van der Waals surface area (Å²) in [6.07, 6.45) is -0.317. The number of hydrogen-bond acceptors (Lipinski definition) is 6. The number of carbonyl (C=O) groups excluding carboxylic acids is 5. The second-order valence-corrected chi connectivity index (χ2v) is 13.5. The van der Waals surface area contributed by atoms with Crippen LogP contribution in [-0.2, 0) is 30.4 Å². The molecule has 0 saturated carbocycles. The number of aliphatic hydroxyl groups excluding tert-OH is 1. The van der Waals surface area contributed by atoms with E-state index >= 15 is 0 Å². The summed E-state index contributed by atoms with van der Waals surface area (Å²) in [6, 6.07) is 5.77. The number of aliphatic hydroxyl groups is 1. The molecule has 0 saturated heterocycles. The molecular formula is C34H57N5O6. The fraction of sp³-hybridized carbons (Fsp3) is 0.676. The summed E-state index contributed by atoms with van der Waals surface area (Å²) in [5.74, 6) is -2.07. The third kappa shape index (κ3) is 15.4. The molecule has 0 unspecified atom stereocenters. The summed E-state index contributed by atoms with van der Waals surface area (Å²) >= 11 is 0. The first-order chi connectivity index (χ1) is 21.0. The molecule has 0 fully saturated rings. The average Bonchev–Trinajstić information content (AvgIpc) is 2.93. The first-order valence-corrected chi connectivity index (χ1v) is 16.2. The van der Waals surface area contributed by atoms with E-state index in [0.29, 0.717) is 12.5 Å². The van der Waals surface area contributed by atoms with Crippen molar-refractivity contribution in [3.8, 4) is 0 Å². The normalized spacial score (nSPS) is 14.8. The summed E-state index contributed by atoms with van der Waals surface area (Å²) in [5.41, 5.74) is 0.832. The van der Waals surface area contributed by atoms with Crippen LogP contribution >= 0.6 is 0 Å². The van der Waals surface area contributed by atoms with Gasteiger partial charge in [0.05, 0.1) is 18.6 Å². The van der Waals surface area contributed by atoms with Crippen LogP contribution in [-0.4, -0.2) is 71.5 Å². The van der Waals surface area contributed by atoms with E-state index in [1.54, 1.807) is 20.8 Å². The summed E-state index contributed by atoms with van der Waals surface area (Å²) in [6.45, 7) is 17.2. The Balaban J connectivity index is 3.03. The lowest BCUT2D eigenvalue weighted by Crippen LogP contribution is -2.59. The van der Waals surface area contributed by atoms with Gasteiger partial charge in [0.2, 0.25) is 29.5 Å². The highest BCUT2D eigenvalue weighted by Crippen LogP contribution is 2.13. The summed E-state index contributed by atoms with van der Waals surface area (Å²) in [7, 11) is 0. The molecule has 0 aliphatic carbocycles. The minimum absolute atomic E-state index is 0.125. The first-order valence-electron chi connectivity index (χ1n) is 16.2. The minimum atomic E-state index is -1.28. The van der Waals surface area contributed by atoms with Gasteiger partial charge < -0.3 is 31.7 Å². The smallest absolute Gasteiger partial charge is 0.243 e. The number of carbonyl (C=O) groups is 5. The molecule has 5 atom stereocenters. The molecule has 0 spiro atoms. The van der Waals surface area contributed by atoms with Gasteiger partial charge in [-0.25, -0.2) is 0 Å². The van der Waals surface area contributed by atoms with Crippen molar-refractivity contribution in [2.45, 2.75) is 118 Å². The zero-order valence-corrected chi connectivity index (χ0v) is 28.6. The van der Waals surface area contributed by atoms with Gasteiger partial charge >= 0.3 is 0 Å². The van der Waals surface area contributed by atoms with E-state index in [0.717, 1.165) is 12.0 Å². The highest BCUT2D eigenvalue weighted by Gasteiger charge is 2.33. The van der Waals surface area contributed by atoms with E-state index in [9.17, 15) is 29.1 Å². The van der Waals surface area contributed by atoms with Crippen molar-refractivity contribution in [1.29, 1.82) is 0 Å². The molecule has 1 aromatic rings. The van der Waals surface area contributed by atoms with Crippen LogP contribution in [0, 0.1) is 23.7 Å². The summed E-state index contributed by atoms with van der Waals surface area (Å²) in [4.78, 5) is 64.5. The van der Waals surface area contributed by atoms with E-state index in [1.807, 2.05) is 58.0 Å². The van der Waals surface area contributed by atoms with Crippen LogP contribution < -0.4 is 26.6 Å². The fourth-order valence-corrected chi connectivity index (χ4v) is 4.68. The Bertz CT molecular complexity index is 1090. The maximum Gasteiger partial charge on any atom is 0.243 e. The molecule has 1 rings (SSSR count). The van der Waals surface area contributed by atoms with Crippen LogP contribution in [0.1, 0.15) is 87.1 Å². The molecular weight excluding hydrogens is 574 g/mol. The molecule has 0 aliphatic rings. The zero-order valence-electron chi connectivity index (χ0n) is 28.6. The van der Waals surface area contributed by atoms with Gasteiger partial charge in [0, 0.05) is 13.0 Å². The molecule has 11 nitrogen and oxygen atoms in total. The summed E-state index contributed by atoms with van der Waals surface area (Å²) in [5, 5.41) is 25.0. The van der Waals surface area contributed by atoms with Crippen LogP contribution in [0.4, 0.5) is 0 Å². The fourth-order valence-electron chi connectivity index (χ4n) is 4.68. The van der Waals surface area contributed by atoms with Crippen molar-refractivity contribution >= 4 is 29.5 Å².